The molecule has 0 aromatic heterocycles. The summed E-state index contributed by atoms with van der Waals surface area (Å²) in [7, 11) is 0. The molecule has 2 aromatic rings. The highest BCUT2D eigenvalue weighted by atomic mass is 19.1. The molecule has 0 aliphatic heterocycles. The molecule has 0 radical (unpaired) electrons. The van der Waals surface area contributed by atoms with Crippen LogP contribution in [0.1, 0.15) is 22.8 Å². The molecule has 0 aliphatic rings. The maximum absolute atomic E-state index is 13.0. The Labute approximate surface area is 133 Å². The zero-order valence-electron chi connectivity index (χ0n) is 12.6. The highest BCUT2D eigenvalue weighted by Gasteiger charge is 2.15. The number of nitrogens with one attached hydrogen (secondary N) is 1. The van der Waals surface area contributed by atoms with Crippen molar-refractivity contribution in [2.45, 2.75) is 6.92 Å². The van der Waals surface area contributed by atoms with Crippen molar-refractivity contribution < 1.29 is 18.7 Å². The average molecular weight is 313 g/mol. The van der Waals surface area contributed by atoms with E-state index in [2.05, 4.69) is 5.32 Å². The molecule has 1 amide bonds. The van der Waals surface area contributed by atoms with Gasteiger partial charge in [0.2, 0.25) is 0 Å². The van der Waals surface area contributed by atoms with Crippen LogP contribution in [0.25, 0.3) is 6.08 Å². The van der Waals surface area contributed by atoms with Gasteiger partial charge < -0.3 is 10.1 Å². The summed E-state index contributed by atoms with van der Waals surface area (Å²) in [6.07, 6.45) is 1.44. The summed E-state index contributed by atoms with van der Waals surface area (Å²) in [4.78, 5) is 24.2. The number of ether oxygens (including phenoxy) is 1. The lowest BCUT2D eigenvalue weighted by Gasteiger charge is -2.09. The lowest BCUT2D eigenvalue weighted by Crippen LogP contribution is -2.28. The minimum atomic E-state index is -0.652. The second kappa shape index (κ2) is 7.89. The monoisotopic (exact) mass is 313 g/mol. The minimum absolute atomic E-state index is 0.00712. The molecule has 0 saturated heterocycles. The van der Waals surface area contributed by atoms with E-state index in [1.165, 1.54) is 30.3 Å². The molecule has 0 unspecified atom stereocenters. The van der Waals surface area contributed by atoms with Gasteiger partial charge in [-0.25, -0.2) is 9.18 Å². The number of carbonyl (C=O) groups is 2. The number of esters is 1. The van der Waals surface area contributed by atoms with Crippen LogP contribution in [0.2, 0.25) is 0 Å². The topological polar surface area (TPSA) is 55.4 Å². The van der Waals surface area contributed by atoms with E-state index in [0.717, 1.165) is 0 Å². The van der Waals surface area contributed by atoms with Crippen molar-refractivity contribution in [3.63, 3.8) is 0 Å². The maximum Gasteiger partial charge on any atom is 0.354 e. The van der Waals surface area contributed by atoms with Gasteiger partial charge in [-0.15, -0.1) is 0 Å². The third-order valence-corrected chi connectivity index (χ3v) is 2.96. The first-order valence-corrected chi connectivity index (χ1v) is 7.11. The van der Waals surface area contributed by atoms with E-state index in [4.69, 9.17) is 4.74 Å². The van der Waals surface area contributed by atoms with Crippen LogP contribution >= 0.6 is 0 Å². The molecule has 0 atom stereocenters. The Kier molecular flexibility index (Phi) is 5.63. The molecule has 5 heteroatoms. The van der Waals surface area contributed by atoms with E-state index >= 15 is 0 Å². The SMILES string of the molecule is CCOC(=O)/C(=C/c1ccc(F)cc1)NC(=O)c1ccccc1. The Balaban J connectivity index is 2.25. The molecule has 0 fully saturated rings. The van der Waals surface area contributed by atoms with E-state index in [9.17, 15) is 14.0 Å². The molecule has 0 spiro atoms. The van der Waals surface area contributed by atoms with Crippen molar-refractivity contribution in [2.75, 3.05) is 6.61 Å². The number of amides is 1. The first-order valence-electron chi connectivity index (χ1n) is 7.11. The summed E-state index contributed by atoms with van der Waals surface area (Å²) < 4.78 is 17.9. The van der Waals surface area contributed by atoms with Crippen molar-refractivity contribution in [1.29, 1.82) is 0 Å². The van der Waals surface area contributed by atoms with Crippen molar-refractivity contribution >= 4 is 18.0 Å². The summed E-state index contributed by atoms with van der Waals surface area (Å²) >= 11 is 0. The molecule has 4 nitrogen and oxygen atoms in total. The van der Waals surface area contributed by atoms with E-state index in [1.54, 1.807) is 37.3 Å². The molecule has 2 aromatic carbocycles. The number of benzene rings is 2. The van der Waals surface area contributed by atoms with E-state index in [0.29, 0.717) is 11.1 Å². The molecular weight excluding hydrogens is 297 g/mol. The van der Waals surface area contributed by atoms with Crippen LogP contribution in [0.5, 0.6) is 0 Å². The molecule has 0 bridgehead atoms. The predicted molar refractivity (Wildman–Crippen MR) is 84.9 cm³/mol. The van der Waals surface area contributed by atoms with Gasteiger partial charge in [0, 0.05) is 5.56 Å². The number of hydrogen-bond donors (Lipinski definition) is 1. The fourth-order valence-corrected chi connectivity index (χ4v) is 1.86. The summed E-state index contributed by atoms with van der Waals surface area (Å²) in [5, 5.41) is 2.53. The second-order valence-corrected chi connectivity index (χ2v) is 4.65. The summed E-state index contributed by atoms with van der Waals surface area (Å²) in [6.45, 7) is 1.85. The van der Waals surface area contributed by atoms with Crippen LogP contribution in [0, 0.1) is 5.82 Å². The van der Waals surface area contributed by atoms with E-state index in [1.807, 2.05) is 0 Å². The van der Waals surface area contributed by atoms with Gasteiger partial charge in [0.25, 0.3) is 5.91 Å². The Hall–Kier alpha value is -2.95. The quantitative estimate of drug-likeness (QED) is 0.681. The van der Waals surface area contributed by atoms with Crippen molar-refractivity contribution in [3.8, 4) is 0 Å². The summed E-state index contributed by atoms with van der Waals surface area (Å²) in [6, 6.07) is 14.1. The molecule has 118 valence electrons. The molecule has 0 aliphatic carbocycles. The van der Waals surface area contributed by atoms with Gasteiger partial charge >= 0.3 is 5.97 Å². The van der Waals surface area contributed by atoms with Crippen LogP contribution in [0.4, 0.5) is 4.39 Å². The highest BCUT2D eigenvalue weighted by molar-refractivity contribution is 6.03. The van der Waals surface area contributed by atoms with Crippen LogP contribution in [-0.4, -0.2) is 18.5 Å². The van der Waals surface area contributed by atoms with Gasteiger partial charge in [-0.1, -0.05) is 30.3 Å². The van der Waals surface area contributed by atoms with Gasteiger partial charge in [-0.05, 0) is 42.8 Å². The van der Waals surface area contributed by atoms with Gasteiger partial charge in [0.05, 0.1) is 6.61 Å². The third-order valence-electron chi connectivity index (χ3n) is 2.96. The van der Waals surface area contributed by atoms with Crippen LogP contribution in [0.3, 0.4) is 0 Å². The fourth-order valence-electron chi connectivity index (χ4n) is 1.86. The largest absolute Gasteiger partial charge is 0.461 e. The van der Waals surface area contributed by atoms with Gasteiger partial charge in [0.1, 0.15) is 11.5 Å². The lowest BCUT2D eigenvalue weighted by molar-refractivity contribution is -0.138. The highest BCUT2D eigenvalue weighted by Crippen LogP contribution is 2.09. The average Bonchev–Trinajstić information content (AvgIpc) is 2.57. The fraction of sp³-hybridized carbons (Fsp3) is 0.111. The van der Waals surface area contributed by atoms with Crippen LogP contribution < -0.4 is 5.32 Å². The van der Waals surface area contributed by atoms with Crippen LogP contribution in [-0.2, 0) is 9.53 Å². The molecule has 0 heterocycles. The smallest absolute Gasteiger partial charge is 0.354 e. The molecule has 2 rings (SSSR count). The third kappa shape index (κ3) is 4.78. The predicted octanol–water partition coefficient (Wildman–Crippen LogP) is 3.16. The molecule has 23 heavy (non-hydrogen) atoms. The van der Waals surface area contributed by atoms with Gasteiger partial charge in [0.15, 0.2) is 0 Å². The van der Waals surface area contributed by atoms with Crippen LogP contribution in [0.15, 0.2) is 60.3 Å². The van der Waals surface area contributed by atoms with Crippen molar-refractivity contribution in [1.82, 2.24) is 5.32 Å². The first-order chi connectivity index (χ1) is 11.1. The molecular formula is C18H16FNO3. The molecule has 1 N–H and O–H groups in total. The Morgan fingerprint density at radius 1 is 1.09 bits per heavy atom. The second-order valence-electron chi connectivity index (χ2n) is 4.65. The first kappa shape index (κ1) is 16.4. The van der Waals surface area contributed by atoms with E-state index in [-0.39, 0.29) is 18.1 Å². The van der Waals surface area contributed by atoms with Gasteiger partial charge in [-0.2, -0.15) is 0 Å². The number of rotatable bonds is 5. The summed E-state index contributed by atoms with van der Waals surface area (Å²) in [5.74, 6) is -1.46. The van der Waals surface area contributed by atoms with Crippen molar-refractivity contribution in [3.05, 3.63) is 77.2 Å². The van der Waals surface area contributed by atoms with E-state index < -0.39 is 11.9 Å². The standard InChI is InChI=1S/C18H16FNO3/c1-2-23-18(22)16(12-13-8-10-15(19)11-9-13)20-17(21)14-6-4-3-5-7-14/h3-12H,2H2,1H3,(H,20,21)/b16-12-. The normalized spacial score (nSPS) is 11.0. The Morgan fingerprint density at radius 2 is 1.74 bits per heavy atom. The zero-order valence-corrected chi connectivity index (χ0v) is 12.6. The number of carbonyl (C=O) groups excluding carboxylic acids is 2. The van der Waals surface area contributed by atoms with Gasteiger partial charge in [-0.3, -0.25) is 4.79 Å². The maximum atomic E-state index is 13.0. The molecule has 0 saturated carbocycles. The lowest BCUT2D eigenvalue weighted by atomic mass is 10.1. The Bertz CT molecular complexity index is 709. The Morgan fingerprint density at radius 3 is 2.35 bits per heavy atom. The minimum Gasteiger partial charge on any atom is -0.461 e. The van der Waals surface area contributed by atoms with Crippen molar-refractivity contribution in [2.24, 2.45) is 0 Å². The zero-order chi connectivity index (χ0) is 16.7. The number of halogens is 1. The number of hydrogen-bond acceptors (Lipinski definition) is 3. The summed E-state index contributed by atoms with van der Waals surface area (Å²) in [5.41, 5.74) is 0.983.